The Kier molecular flexibility index (Phi) is 4.74. The fourth-order valence-corrected chi connectivity index (χ4v) is 2.31. The monoisotopic (exact) mass is 276 g/mol. The van der Waals surface area contributed by atoms with Crippen molar-refractivity contribution in [1.82, 2.24) is 4.90 Å². The van der Waals surface area contributed by atoms with Gasteiger partial charge in [0.05, 0.1) is 6.42 Å². The maximum Gasteiger partial charge on any atom is 0.253 e. The highest BCUT2D eigenvalue weighted by molar-refractivity contribution is 6.02. The van der Waals surface area contributed by atoms with Gasteiger partial charge in [-0.1, -0.05) is 6.07 Å². The first kappa shape index (κ1) is 14.5. The highest BCUT2D eigenvalue weighted by Crippen LogP contribution is 2.24. The molecule has 1 aliphatic heterocycles. The Morgan fingerprint density at radius 3 is 2.90 bits per heavy atom. The SMILES string of the molecule is CN(CCCCCO)C(=O)c1ccc2c(c1)NC(=O)C2. The molecule has 5 heteroatoms. The number of benzene rings is 1. The van der Waals surface area contributed by atoms with Crippen LogP contribution in [0.2, 0.25) is 0 Å². The largest absolute Gasteiger partial charge is 0.396 e. The molecule has 0 fully saturated rings. The normalized spacial score (nSPS) is 13.0. The van der Waals surface area contributed by atoms with E-state index in [1.54, 1.807) is 24.1 Å². The van der Waals surface area contributed by atoms with E-state index < -0.39 is 0 Å². The third-order valence-corrected chi connectivity index (χ3v) is 3.48. The van der Waals surface area contributed by atoms with E-state index in [-0.39, 0.29) is 18.4 Å². The smallest absolute Gasteiger partial charge is 0.253 e. The Morgan fingerprint density at radius 2 is 2.15 bits per heavy atom. The number of amides is 2. The number of anilines is 1. The van der Waals surface area contributed by atoms with Crippen LogP contribution in [0.4, 0.5) is 5.69 Å². The minimum Gasteiger partial charge on any atom is -0.396 e. The summed E-state index contributed by atoms with van der Waals surface area (Å²) in [5, 5.41) is 11.5. The van der Waals surface area contributed by atoms with Crippen molar-refractivity contribution in [2.75, 3.05) is 25.5 Å². The number of aliphatic hydroxyl groups excluding tert-OH is 1. The molecule has 1 aromatic carbocycles. The van der Waals surface area contributed by atoms with Gasteiger partial charge in [0.15, 0.2) is 0 Å². The van der Waals surface area contributed by atoms with Crippen LogP contribution < -0.4 is 5.32 Å². The number of hydrogen-bond acceptors (Lipinski definition) is 3. The zero-order valence-corrected chi connectivity index (χ0v) is 11.7. The Labute approximate surface area is 118 Å². The number of carbonyl (C=O) groups excluding carboxylic acids is 2. The number of hydrogen-bond donors (Lipinski definition) is 2. The van der Waals surface area contributed by atoms with Crippen molar-refractivity contribution < 1.29 is 14.7 Å². The summed E-state index contributed by atoms with van der Waals surface area (Å²) in [4.78, 5) is 25.2. The van der Waals surface area contributed by atoms with Crippen LogP contribution in [0.3, 0.4) is 0 Å². The lowest BCUT2D eigenvalue weighted by atomic mass is 10.1. The van der Waals surface area contributed by atoms with Crippen molar-refractivity contribution in [3.05, 3.63) is 29.3 Å². The predicted octanol–water partition coefficient (Wildman–Crippen LogP) is 1.42. The van der Waals surface area contributed by atoms with Gasteiger partial charge in [-0.3, -0.25) is 9.59 Å². The van der Waals surface area contributed by atoms with Crippen LogP contribution in [0, 0.1) is 0 Å². The molecular weight excluding hydrogens is 256 g/mol. The lowest BCUT2D eigenvalue weighted by Gasteiger charge is -2.17. The van der Waals surface area contributed by atoms with Crippen molar-refractivity contribution in [2.24, 2.45) is 0 Å². The first-order valence-electron chi connectivity index (χ1n) is 6.91. The molecule has 0 aliphatic carbocycles. The second kappa shape index (κ2) is 6.52. The molecule has 108 valence electrons. The minimum atomic E-state index is -0.0436. The second-order valence-corrected chi connectivity index (χ2v) is 5.11. The minimum absolute atomic E-state index is 0.0260. The van der Waals surface area contributed by atoms with Gasteiger partial charge < -0.3 is 15.3 Å². The molecule has 2 rings (SSSR count). The summed E-state index contributed by atoms with van der Waals surface area (Å²) in [7, 11) is 1.77. The molecule has 0 atom stereocenters. The van der Waals surface area contributed by atoms with Gasteiger partial charge in [0, 0.05) is 31.5 Å². The quantitative estimate of drug-likeness (QED) is 0.772. The van der Waals surface area contributed by atoms with Crippen molar-refractivity contribution >= 4 is 17.5 Å². The van der Waals surface area contributed by atoms with Crippen molar-refractivity contribution in [1.29, 1.82) is 0 Å². The van der Waals surface area contributed by atoms with Gasteiger partial charge >= 0.3 is 0 Å². The van der Waals surface area contributed by atoms with Crippen LogP contribution in [0.15, 0.2) is 18.2 Å². The van der Waals surface area contributed by atoms with Crippen molar-refractivity contribution in [2.45, 2.75) is 25.7 Å². The number of nitrogens with one attached hydrogen (secondary N) is 1. The van der Waals surface area contributed by atoms with Gasteiger partial charge in [0.2, 0.25) is 5.91 Å². The third kappa shape index (κ3) is 3.36. The van der Waals surface area contributed by atoms with E-state index in [2.05, 4.69) is 5.32 Å². The zero-order chi connectivity index (χ0) is 14.5. The number of unbranched alkanes of at least 4 members (excludes halogenated alkanes) is 2. The average Bonchev–Trinajstić information content (AvgIpc) is 2.81. The molecule has 1 aromatic rings. The van der Waals surface area contributed by atoms with Gasteiger partial charge in [-0.2, -0.15) is 0 Å². The fourth-order valence-electron chi connectivity index (χ4n) is 2.31. The highest BCUT2D eigenvalue weighted by atomic mass is 16.3. The lowest BCUT2D eigenvalue weighted by molar-refractivity contribution is -0.115. The molecule has 0 bridgehead atoms. The average molecular weight is 276 g/mol. The maximum absolute atomic E-state index is 12.3. The van der Waals surface area contributed by atoms with Gasteiger partial charge in [0.25, 0.3) is 5.91 Å². The van der Waals surface area contributed by atoms with E-state index in [0.29, 0.717) is 18.5 Å². The molecule has 0 radical (unpaired) electrons. The summed E-state index contributed by atoms with van der Waals surface area (Å²) in [6, 6.07) is 5.35. The van der Waals surface area contributed by atoms with Crippen LogP contribution in [-0.4, -0.2) is 42.0 Å². The number of rotatable bonds is 6. The molecule has 2 amide bonds. The fraction of sp³-hybridized carbons (Fsp3) is 0.467. The van der Waals surface area contributed by atoms with E-state index >= 15 is 0 Å². The van der Waals surface area contributed by atoms with Gasteiger partial charge in [-0.15, -0.1) is 0 Å². The number of fused-ring (bicyclic) bond motifs is 1. The van der Waals surface area contributed by atoms with Crippen molar-refractivity contribution in [3.8, 4) is 0 Å². The zero-order valence-electron chi connectivity index (χ0n) is 11.7. The Morgan fingerprint density at radius 1 is 1.35 bits per heavy atom. The second-order valence-electron chi connectivity index (χ2n) is 5.11. The van der Waals surface area contributed by atoms with E-state index in [4.69, 9.17) is 5.11 Å². The van der Waals surface area contributed by atoms with Crippen LogP contribution in [-0.2, 0) is 11.2 Å². The molecule has 1 heterocycles. The molecule has 0 saturated heterocycles. The summed E-state index contributed by atoms with van der Waals surface area (Å²) in [6.07, 6.45) is 2.95. The molecule has 5 nitrogen and oxygen atoms in total. The van der Waals surface area contributed by atoms with Crippen LogP contribution in [0.1, 0.15) is 35.2 Å². The molecule has 0 saturated carbocycles. The Hall–Kier alpha value is -1.88. The Balaban J connectivity index is 1.95. The first-order chi connectivity index (χ1) is 9.61. The number of carbonyl (C=O) groups is 2. The number of nitrogens with zero attached hydrogens (tertiary/aromatic N) is 1. The Bertz CT molecular complexity index is 514. The summed E-state index contributed by atoms with van der Waals surface area (Å²) >= 11 is 0. The van der Waals surface area contributed by atoms with Gasteiger partial charge in [-0.05, 0) is 37.0 Å². The molecular formula is C15H20N2O3. The number of aliphatic hydroxyl groups is 1. The maximum atomic E-state index is 12.3. The summed E-state index contributed by atoms with van der Waals surface area (Å²) in [6.45, 7) is 0.866. The van der Waals surface area contributed by atoms with E-state index in [1.807, 2.05) is 6.07 Å². The molecule has 0 aromatic heterocycles. The van der Waals surface area contributed by atoms with E-state index in [0.717, 1.165) is 30.5 Å². The third-order valence-electron chi connectivity index (χ3n) is 3.48. The van der Waals surface area contributed by atoms with Gasteiger partial charge in [0.1, 0.15) is 0 Å². The van der Waals surface area contributed by atoms with Crippen LogP contribution >= 0.6 is 0 Å². The summed E-state index contributed by atoms with van der Waals surface area (Å²) in [5.74, 6) is -0.0695. The summed E-state index contributed by atoms with van der Waals surface area (Å²) < 4.78 is 0. The van der Waals surface area contributed by atoms with E-state index in [9.17, 15) is 9.59 Å². The first-order valence-corrected chi connectivity index (χ1v) is 6.91. The standard InChI is InChI=1S/C15H20N2O3/c1-17(7-3-2-4-8-18)15(20)12-6-5-11-10-14(19)16-13(11)9-12/h5-6,9,18H,2-4,7-8,10H2,1H3,(H,16,19). The van der Waals surface area contributed by atoms with Gasteiger partial charge in [-0.25, -0.2) is 0 Å². The molecule has 1 aliphatic rings. The molecule has 0 spiro atoms. The van der Waals surface area contributed by atoms with Crippen LogP contribution in [0.5, 0.6) is 0 Å². The summed E-state index contributed by atoms with van der Waals surface area (Å²) in [5.41, 5.74) is 2.28. The van der Waals surface area contributed by atoms with E-state index in [1.165, 1.54) is 0 Å². The lowest BCUT2D eigenvalue weighted by Crippen LogP contribution is -2.27. The molecule has 2 N–H and O–H groups in total. The highest BCUT2D eigenvalue weighted by Gasteiger charge is 2.20. The molecule has 20 heavy (non-hydrogen) atoms. The predicted molar refractivity (Wildman–Crippen MR) is 76.7 cm³/mol. The van der Waals surface area contributed by atoms with Crippen LogP contribution in [0.25, 0.3) is 0 Å². The topological polar surface area (TPSA) is 69.6 Å². The van der Waals surface area contributed by atoms with Crippen molar-refractivity contribution in [3.63, 3.8) is 0 Å². The molecule has 0 unspecified atom stereocenters.